The van der Waals surface area contributed by atoms with Gasteiger partial charge in [-0.05, 0) is 19.8 Å². The van der Waals surface area contributed by atoms with E-state index in [2.05, 4.69) is 18.2 Å². The molecule has 50 valence electrons. The molecule has 1 aliphatic carbocycles. The van der Waals surface area contributed by atoms with Crippen LogP contribution in [-0.4, -0.2) is 6.04 Å². The lowest BCUT2D eigenvalue weighted by Crippen LogP contribution is -2.18. The molecule has 1 rings (SSSR count). The molecule has 0 aromatic rings. The molecular weight excluding hydrogens is 110 g/mol. The second-order valence-electron chi connectivity index (χ2n) is 2.48. The average Bonchev–Trinajstić information content (AvgIpc) is 1.90. The van der Waals surface area contributed by atoms with Gasteiger partial charge in [-0.1, -0.05) is 23.8 Å². The van der Waals surface area contributed by atoms with E-state index < -0.39 is 0 Å². The Bertz CT molecular complexity index is 143. The average molecular weight is 123 g/mol. The van der Waals surface area contributed by atoms with E-state index in [-0.39, 0.29) is 6.04 Å². The number of rotatable bonds is 1. The summed E-state index contributed by atoms with van der Waals surface area (Å²) in [6, 6.07) is 0.245. The fourth-order valence-corrected chi connectivity index (χ4v) is 0.990. The van der Waals surface area contributed by atoms with Crippen LogP contribution in [0.2, 0.25) is 0 Å². The third-order valence-corrected chi connectivity index (χ3v) is 1.62. The Morgan fingerprint density at radius 2 is 2.33 bits per heavy atom. The summed E-state index contributed by atoms with van der Waals surface area (Å²) in [6.45, 7) is 2.03. The van der Waals surface area contributed by atoms with Crippen molar-refractivity contribution in [2.24, 2.45) is 5.73 Å². The predicted octanol–water partition coefficient (Wildman–Crippen LogP) is 1.61. The molecule has 0 bridgehead atoms. The maximum absolute atomic E-state index is 5.66. The Balaban J connectivity index is 2.50. The Kier molecular flexibility index (Phi) is 2.06. The van der Waals surface area contributed by atoms with Gasteiger partial charge in [-0.15, -0.1) is 0 Å². The largest absolute Gasteiger partial charge is 0.324 e. The maximum atomic E-state index is 5.66. The van der Waals surface area contributed by atoms with Gasteiger partial charge >= 0.3 is 0 Å². The van der Waals surface area contributed by atoms with Gasteiger partial charge in [-0.2, -0.15) is 0 Å². The molecule has 1 atom stereocenters. The fraction of sp³-hybridized carbons (Fsp3) is 0.500. The third kappa shape index (κ3) is 1.68. The van der Waals surface area contributed by atoms with Crippen molar-refractivity contribution in [3.8, 4) is 0 Å². The molecule has 0 aliphatic heterocycles. The SMILES string of the molecule is C[C@H](N)C1=CCC=CC1. The molecule has 1 nitrogen and oxygen atoms in total. The molecule has 0 unspecified atom stereocenters. The number of hydrogen-bond donors (Lipinski definition) is 1. The predicted molar refractivity (Wildman–Crippen MR) is 40.1 cm³/mol. The summed E-state index contributed by atoms with van der Waals surface area (Å²) in [5.41, 5.74) is 7.04. The Labute approximate surface area is 56.2 Å². The van der Waals surface area contributed by atoms with Crippen molar-refractivity contribution in [1.82, 2.24) is 0 Å². The first-order chi connectivity index (χ1) is 4.30. The van der Waals surface area contributed by atoms with Gasteiger partial charge in [-0.25, -0.2) is 0 Å². The maximum Gasteiger partial charge on any atom is 0.0227 e. The molecule has 0 fully saturated rings. The zero-order valence-corrected chi connectivity index (χ0v) is 5.80. The summed E-state index contributed by atoms with van der Waals surface area (Å²) in [6.07, 6.45) is 8.68. The summed E-state index contributed by atoms with van der Waals surface area (Å²) in [7, 11) is 0. The van der Waals surface area contributed by atoms with Gasteiger partial charge in [0.05, 0.1) is 0 Å². The normalized spacial score (nSPS) is 21.3. The molecule has 0 heterocycles. The van der Waals surface area contributed by atoms with E-state index >= 15 is 0 Å². The second kappa shape index (κ2) is 2.83. The Morgan fingerprint density at radius 1 is 1.56 bits per heavy atom. The lowest BCUT2D eigenvalue weighted by Gasteiger charge is -2.10. The highest BCUT2D eigenvalue weighted by atomic mass is 14.6. The first-order valence-corrected chi connectivity index (χ1v) is 3.40. The van der Waals surface area contributed by atoms with Gasteiger partial charge < -0.3 is 5.73 Å². The molecule has 0 spiro atoms. The molecule has 1 aliphatic rings. The summed E-state index contributed by atoms with van der Waals surface area (Å²) in [4.78, 5) is 0. The van der Waals surface area contributed by atoms with Crippen molar-refractivity contribution in [2.75, 3.05) is 0 Å². The molecule has 0 amide bonds. The molecule has 1 heteroatoms. The molecule has 2 N–H and O–H groups in total. The zero-order chi connectivity index (χ0) is 6.69. The lowest BCUT2D eigenvalue weighted by molar-refractivity contribution is 0.820. The van der Waals surface area contributed by atoms with Crippen LogP contribution in [0.4, 0.5) is 0 Å². The number of hydrogen-bond acceptors (Lipinski definition) is 1. The van der Waals surface area contributed by atoms with Crippen molar-refractivity contribution in [1.29, 1.82) is 0 Å². The molecule has 0 saturated carbocycles. The topological polar surface area (TPSA) is 26.0 Å². The van der Waals surface area contributed by atoms with Crippen molar-refractivity contribution in [3.05, 3.63) is 23.8 Å². The summed E-state index contributed by atoms with van der Waals surface area (Å²) in [5, 5.41) is 0. The summed E-state index contributed by atoms with van der Waals surface area (Å²) >= 11 is 0. The van der Waals surface area contributed by atoms with Gasteiger partial charge in [0.2, 0.25) is 0 Å². The van der Waals surface area contributed by atoms with Crippen LogP contribution in [-0.2, 0) is 0 Å². The highest BCUT2D eigenvalue weighted by Crippen LogP contribution is 2.12. The summed E-state index contributed by atoms with van der Waals surface area (Å²) < 4.78 is 0. The van der Waals surface area contributed by atoms with Crippen LogP contribution in [0.15, 0.2) is 23.8 Å². The van der Waals surface area contributed by atoms with E-state index in [9.17, 15) is 0 Å². The van der Waals surface area contributed by atoms with Crippen LogP contribution in [0.1, 0.15) is 19.8 Å². The molecule has 0 aromatic heterocycles. The van der Waals surface area contributed by atoms with Crippen molar-refractivity contribution in [3.63, 3.8) is 0 Å². The Morgan fingerprint density at radius 3 is 2.67 bits per heavy atom. The van der Waals surface area contributed by atoms with Crippen LogP contribution < -0.4 is 5.73 Å². The van der Waals surface area contributed by atoms with E-state index in [1.54, 1.807) is 0 Å². The van der Waals surface area contributed by atoms with Crippen LogP contribution in [0.5, 0.6) is 0 Å². The van der Waals surface area contributed by atoms with Gasteiger partial charge in [-0.3, -0.25) is 0 Å². The smallest absolute Gasteiger partial charge is 0.0227 e. The fourth-order valence-electron chi connectivity index (χ4n) is 0.990. The molecule has 0 aromatic carbocycles. The van der Waals surface area contributed by atoms with Crippen LogP contribution in [0.3, 0.4) is 0 Å². The van der Waals surface area contributed by atoms with E-state index in [0.29, 0.717) is 0 Å². The highest BCUT2D eigenvalue weighted by molar-refractivity contribution is 5.18. The van der Waals surface area contributed by atoms with Crippen LogP contribution >= 0.6 is 0 Å². The highest BCUT2D eigenvalue weighted by Gasteiger charge is 2.01. The lowest BCUT2D eigenvalue weighted by atomic mass is 10.0. The molecule has 0 radical (unpaired) electrons. The van der Waals surface area contributed by atoms with E-state index in [1.807, 2.05) is 6.92 Å². The van der Waals surface area contributed by atoms with Gasteiger partial charge in [0.15, 0.2) is 0 Å². The third-order valence-electron chi connectivity index (χ3n) is 1.62. The van der Waals surface area contributed by atoms with Crippen molar-refractivity contribution < 1.29 is 0 Å². The number of nitrogens with two attached hydrogens (primary N) is 1. The monoisotopic (exact) mass is 123 g/mol. The van der Waals surface area contributed by atoms with Gasteiger partial charge in [0, 0.05) is 6.04 Å². The molecule has 0 saturated heterocycles. The zero-order valence-electron chi connectivity index (χ0n) is 5.80. The quantitative estimate of drug-likeness (QED) is 0.527. The minimum absolute atomic E-state index is 0.245. The second-order valence-corrected chi connectivity index (χ2v) is 2.48. The van der Waals surface area contributed by atoms with E-state index in [1.165, 1.54) is 5.57 Å². The van der Waals surface area contributed by atoms with Crippen molar-refractivity contribution in [2.45, 2.75) is 25.8 Å². The molecule has 9 heavy (non-hydrogen) atoms. The summed E-state index contributed by atoms with van der Waals surface area (Å²) in [5.74, 6) is 0. The van der Waals surface area contributed by atoms with Crippen molar-refractivity contribution >= 4 is 0 Å². The van der Waals surface area contributed by atoms with Gasteiger partial charge in [0.25, 0.3) is 0 Å². The minimum atomic E-state index is 0.245. The van der Waals surface area contributed by atoms with E-state index in [4.69, 9.17) is 5.73 Å². The first kappa shape index (κ1) is 6.56. The minimum Gasteiger partial charge on any atom is -0.324 e. The van der Waals surface area contributed by atoms with Crippen LogP contribution in [0, 0.1) is 0 Å². The molecular formula is C8H13N. The van der Waals surface area contributed by atoms with E-state index in [0.717, 1.165) is 12.8 Å². The van der Waals surface area contributed by atoms with Gasteiger partial charge in [0.1, 0.15) is 0 Å². The first-order valence-electron chi connectivity index (χ1n) is 3.40. The standard InChI is InChI=1S/C8H13N/c1-7(9)8-5-3-2-4-6-8/h2-3,6-7H,4-5,9H2,1H3/t7-/m0/s1. The Hall–Kier alpha value is -0.560. The number of allylic oxidation sites excluding steroid dienone is 3. The van der Waals surface area contributed by atoms with Crippen LogP contribution in [0.25, 0.3) is 0 Å².